The topological polar surface area (TPSA) is 82.7 Å². The van der Waals surface area contributed by atoms with Gasteiger partial charge in [0.2, 0.25) is 0 Å². The van der Waals surface area contributed by atoms with E-state index in [1.54, 1.807) is 0 Å². The lowest BCUT2D eigenvalue weighted by molar-refractivity contribution is 0.102. The van der Waals surface area contributed by atoms with Crippen LogP contribution in [0.15, 0.2) is 66.7 Å². The molecule has 0 unspecified atom stereocenters. The van der Waals surface area contributed by atoms with Crippen molar-refractivity contribution in [1.29, 1.82) is 0 Å². The van der Waals surface area contributed by atoms with Crippen LogP contribution in [0, 0.1) is 0 Å². The van der Waals surface area contributed by atoms with Gasteiger partial charge in [0.25, 0.3) is 5.91 Å². The smallest absolute Gasteiger partial charge is 0.255 e. The number of benzene rings is 3. The third kappa shape index (κ3) is 6.28. The second kappa shape index (κ2) is 11.5. The van der Waals surface area contributed by atoms with E-state index in [-0.39, 0.29) is 5.91 Å². The van der Waals surface area contributed by atoms with Gasteiger partial charge in [-0.3, -0.25) is 4.79 Å². The van der Waals surface area contributed by atoms with Crippen molar-refractivity contribution in [3.05, 3.63) is 72.3 Å². The van der Waals surface area contributed by atoms with Crippen LogP contribution >= 0.6 is 0 Å². The van der Waals surface area contributed by atoms with Crippen LogP contribution in [-0.4, -0.2) is 74.3 Å². The Hall–Kier alpha value is -3.88. The molecule has 3 aromatic carbocycles. The lowest BCUT2D eigenvalue weighted by atomic mass is 10.1. The summed E-state index contributed by atoms with van der Waals surface area (Å²) >= 11 is 0. The van der Waals surface area contributed by atoms with Crippen LogP contribution in [0.1, 0.15) is 16.8 Å². The van der Waals surface area contributed by atoms with E-state index in [4.69, 9.17) is 14.5 Å². The van der Waals surface area contributed by atoms with Crippen LogP contribution in [0.25, 0.3) is 22.4 Å². The number of morpholine rings is 1. The maximum absolute atomic E-state index is 12.8. The van der Waals surface area contributed by atoms with Gasteiger partial charge in [0.1, 0.15) is 11.6 Å². The summed E-state index contributed by atoms with van der Waals surface area (Å²) in [6.07, 6.45) is 0.983. The minimum atomic E-state index is -0.148. The second-order valence-corrected chi connectivity index (χ2v) is 9.45. The zero-order chi connectivity index (χ0) is 25.6. The highest BCUT2D eigenvalue weighted by Crippen LogP contribution is 2.25. The van der Waals surface area contributed by atoms with Gasteiger partial charge in [-0.25, -0.2) is 4.98 Å². The molecule has 5 rings (SSSR count). The fourth-order valence-corrected chi connectivity index (χ4v) is 4.35. The van der Waals surface area contributed by atoms with Crippen molar-refractivity contribution in [2.45, 2.75) is 6.42 Å². The highest BCUT2D eigenvalue weighted by atomic mass is 16.5. The molecule has 0 aliphatic carbocycles. The molecule has 1 amide bonds. The molecule has 192 valence electrons. The van der Waals surface area contributed by atoms with Gasteiger partial charge in [0, 0.05) is 42.1 Å². The minimum Gasteiger partial charge on any atom is -0.494 e. The largest absolute Gasteiger partial charge is 0.494 e. The highest BCUT2D eigenvalue weighted by molar-refractivity contribution is 6.05. The lowest BCUT2D eigenvalue weighted by Gasteiger charge is -2.28. The number of anilines is 2. The van der Waals surface area contributed by atoms with E-state index < -0.39 is 0 Å². The molecule has 4 aromatic rings. The average molecular weight is 500 g/mol. The fourth-order valence-electron chi connectivity index (χ4n) is 4.35. The van der Waals surface area contributed by atoms with E-state index in [0.29, 0.717) is 17.9 Å². The molecular weight excluding hydrogens is 466 g/mol. The third-order valence-electron chi connectivity index (χ3n) is 6.39. The molecule has 0 spiro atoms. The van der Waals surface area contributed by atoms with Gasteiger partial charge in [-0.2, -0.15) is 0 Å². The summed E-state index contributed by atoms with van der Waals surface area (Å²) in [6, 6.07) is 21.3. The molecule has 0 saturated carbocycles. The Morgan fingerprint density at radius 3 is 2.54 bits per heavy atom. The molecular formula is C29H33N5O3. The number of nitrogens with zero attached hydrogens (tertiary/aromatic N) is 3. The summed E-state index contributed by atoms with van der Waals surface area (Å²) in [5.74, 6) is 1.47. The Labute approximate surface area is 217 Å². The van der Waals surface area contributed by atoms with E-state index in [1.165, 1.54) is 0 Å². The van der Waals surface area contributed by atoms with E-state index in [1.807, 2.05) is 66.7 Å². The molecule has 8 heteroatoms. The van der Waals surface area contributed by atoms with Crippen molar-refractivity contribution >= 4 is 28.3 Å². The molecule has 1 fully saturated rings. The molecule has 1 saturated heterocycles. The number of hydrogen-bond donors (Lipinski definition) is 2. The van der Waals surface area contributed by atoms with Gasteiger partial charge >= 0.3 is 0 Å². The summed E-state index contributed by atoms with van der Waals surface area (Å²) in [4.78, 5) is 25.4. The number of H-pyrrole nitrogens is 1. The maximum Gasteiger partial charge on any atom is 0.255 e. The maximum atomic E-state index is 12.8. The van der Waals surface area contributed by atoms with Gasteiger partial charge in [-0.05, 0) is 87.2 Å². The zero-order valence-corrected chi connectivity index (χ0v) is 21.4. The quantitative estimate of drug-likeness (QED) is 0.326. The number of amides is 1. The van der Waals surface area contributed by atoms with E-state index in [0.717, 1.165) is 73.1 Å². The first-order chi connectivity index (χ1) is 18.0. The molecule has 0 radical (unpaired) electrons. The van der Waals surface area contributed by atoms with Crippen molar-refractivity contribution in [3.8, 4) is 17.1 Å². The van der Waals surface area contributed by atoms with Crippen LogP contribution in [0.5, 0.6) is 5.75 Å². The van der Waals surface area contributed by atoms with Crippen molar-refractivity contribution in [3.63, 3.8) is 0 Å². The molecule has 2 N–H and O–H groups in total. The molecule has 1 aliphatic rings. The van der Waals surface area contributed by atoms with Crippen LogP contribution in [0.2, 0.25) is 0 Å². The van der Waals surface area contributed by atoms with Crippen molar-refractivity contribution in [2.75, 3.05) is 63.8 Å². The van der Waals surface area contributed by atoms with Gasteiger partial charge in [-0.15, -0.1) is 0 Å². The summed E-state index contributed by atoms with van der Waals surface area (Å²) in [5.41, 5.74) is 5.10. The number of fused-ring (bicyclic) bond motifs is 1. The lowest BCUT2D eigenvalue weighted by Crippen LogP contribution is -2.36. The van der Waals surface area contributed by atoms with Crippen molar-refractivity contribution in [2.24, 2.45) is 0 Å². The normalized spacial score (nSPS) is 13.8. The molecule has 0 atom stereocenters. The second-order valence-electron chi connectivity index (χ2n) is 9.45. The Bertz CT molecular complexity index is 1330. The van der Waals surface area contributed by atoms with Gasteiger partial charge < -0.3 is 29.6 Å². The molecule has 0 bridgehead atoms. The summed E-state index contributed by atoms with van der Waals surface area (Å²) in [6.45, 7) is 4.89. The number of aromatic nitrogens is 2. The number of rotatable bonds is 9. The number of carbonyl (C=O) groups is 1. The Balaban J connectivity index is 1.21. The van der Waals surface area contributed by atoms with Gasteiger partial charge in [0.05, 0.1) is 30.9 Å². The van der Waals surface area contributed by atoms with Crippen LogP contribution in [0.3, 0.4) is 0 Å². The Morgan fingerprint density at radius 2 is 1.81 bits per heavy atom. The molecule has 1 aliphatic heterocycles. The van der Waals surface area contributed by atoms with E-state index >= 15 is 0 Å². The molecule has 37 heavy (non-hydrogen) atoms. The van der Waals surface area contributed by atoms with Gasteiger partial charge in [-0.1, -0.05) is 0 Å². The first-order valence-corrected chi connectivity index (χ1v) is 12.7. The van der Waals surface area contributed by atoms with Crippen LogP contribution in [-0.2, 0) is 4.74 Å². The number of aromatic amines is 1. The predicted molar refractivity (Wildman–Crippen MR) is 148 cm³/mol. The standard InChI is InChI=1S/C29H33N5O3/c1-33(2)14-3-17-37-25-11-6-21(7-12-25)28-31-26-13-8-23(20-27(26)32-28)30-29(35)22-4-9-24(10-5-22)34-15-18-36-19-16-34/h4-13,20H,3,14-19H2,1-2H3,(H,30,35)(H,31,32). The van der Waals surface area contributed by atoms with E-state index in [2.05, 4.69) is 34.2 Å². The Morgan fingerprint density at radius 1 is 1.05 bits per heavy atom. The summed E-state index contributed by atoms with van der Waals surface area (Å²) in [7, 11) is 4.12. The number of carbonyl (C=O) groups excluding carboxylic acids is 1. The number of imidazole rings is 1. The molecule has 1 aromatic heterocycles. The van der Waals surface area contributed by atoms with E-state index in [9.17, 15) is 4.79 Å². The summed E-state index contributed by atoms with van der Waals surface area (Å²) in [5, 5.41) is 2.99. The van der Waals surface area contributed by atoms with Crippen molar-refractivity contribution < 1.29 is 14.3 Å². The zero-order valence-electron chi connectivity index (χ0n) is 21.4. The minimum absolute atomic E-state index is 0.148. The third-order valence-corrected chi connectivity index (χ3v) is 6.39. The number of hydrogen-bond acceptors (Lipinski definition) is 6. The van der Waals surface area contributed by atoms with Crippen LogP contribution in [0.4, 0.5) is 11.4 Å². The number of ether oxygens (including phenoxy) is 2. The molecule has 2 heterocycles. The Kier molecular flexibility index (Phi) is 7.67. The highest BCUT2D eigenvalue weighted by Gasteiger charge is 2.13. The van der Waals surface area contributed by atoms with Gasteiger partial charge in [0.15, 0.2) is 0 Å². The monoisotopic (exact) mass is 499 g/mol. The fraction of sp³-hybridized carbons (Fsp3) is 0.310. The first kappa shape index (κ1) is 24.8. The first-order valence-electron chi connectivity index (χ1n) is 12.7. The predicted octanol–water partition coefficient (Wildman–Crippen LogP) is 4.65. The summed E-state index contributed by atoms with van der Waals surface area (Å²) < 4.78 is 11.2. The SMILES string of the molecule is CN(C)CCCOc1ccc(-c2nc3cc(NC(=O)c4ccc(N5CCOCC5)cc4)ccc3[nH]2)cc1. The van der Waals surface area contributed by atoms with Crippen molar-refractivity contribution in [1.82, 2.24) is 14.9 Å². The van der Waals surface area contributed by atoms with Crippen LogP contribution < -0.4 is 15.0 Å². The number of nitrogens with one attached hydrogen (secondary N) is 2. The average Bonchev–Trinajstić information content (AvgIpc) is 3.35. The molecule has 8 nitrogen and oxygen atoms in total.